The lowest BCUT2D eigenvalue weighted by atomic mass is 10.0. The van der Waals surface area contributed by atoms with Gasteiger partial charge in [-0.25, -0.2) is 9.13 Å². The highest BCUT2D eigenvalue weighted by molar-refractivity contribution is 7.47. The molecule has 17 nitrogen and oxygen atoms in total. The molecular weight excluding hydrogens is 1330 g/mol. The maximum Gasteiger partial charge on any atom is 0.472 e. The molecule has 0 aliphatic heterocycles. The second-order valence-electron chi connectivity index (χ2n) is 30.8. The fraction of sp³-hybridized carbons (Fsp3) is 0.952. The van der Waals surface area contributed by atoms with E-state index in [0.29, 0.717) is 25.7 Å². The van der Waals surface area contributed by atoms with Crippen LogP contribution in [0.2, 0.25) is 0 Å². The molecule has 0 aromatic rings. The van der Waals surface area contributed by atoms with Crippen molar-refractivity contribution in [3.05, 3.63) is 0 Å². The number of hydrogen-bond acceptors (Lipinski definition) is 15. The third-order valence-electron chi connectivity index (χ3n) is 19.5. The van der Waals surface area contributed by atoms with Crippen molar-refractivity contribution >= 4 is 39.5 Å². The summed E-state index contributed by atoms with van der Waals surface area (Å²) in [5.74, 6) is -0.513. The molecule has 102 heavy (non-hydrogen) atoms. The average molecular weight is 1490 g/mol. The largest absolute Gasteiger partial charge is 0.472 e. The van der Waals surface area contributed by atoms with Crippen molar-refractivity contribution in [2.75, 3.05) is 39.6 Å². The molecular formula is C83H162O17P2. The number of unbranched alkanes of at least 4 members (excludes halogenated alkanes) is 52. The summed E-state index contributed by atoms with van der Waals surface area (Å²) >= 11 is 0. The number of phosphoric ester groups is 2. The minimum absolute atomic E-state index is 0.107. The molecule has 2 unspecified atom stereocenters. The third-order valence-corrected chi connectivity index (χ3v) is 21.4. The van der Waals surface area contributed by atoms with Gasteiger partial charge in [0.1, 0.15) is 19.3 Å². The third kappa shape index (κ3) is 76.3. The topological polar surface area (TPSA) is 237 Å². The van der Waals surface area contributed by atoms with Crippen molar-refractivity contribution in [3.8, 4) is 0 Å². The maximum absolute atomic E-state index is 13.1. The molecule has 0 bridgehead atoms. The zero-order valence-electron chi connectivity index (χ0n) is 66.9. The summed E-state index contributed by atoms with van der Waals surface area (Å²) in [5, 5.41) is 10.7. The molecule has 3 N–H and O–H groups in total. The van der Waals surface area contributed by atoms with Crippen molar-refractivity contribution in [3.63, 3.8) is 0 Å². The number of aliphatic hydroxyl groups excluding tert-OH is 1. The van der Waals surface area contributed by atoms with Gasteiger partial charge in [0.15, 0.2) is 12.2 Å². The van der Waals surface area contributed by atoms with E-state index in [-0.39, 0.29) is 25.7 Å². The first kappa shape index (κ1) is 100. The van der Waals surface area contributed by atoms with Crippen LogP contribution in [0.5, 0.6) is 0 Å². The van der Waals surface area contributed by atoms with Gasteiger partial charge in [-0.15, -0.1) is 0 Å². The van der Waals surface area contributed by atoms with Crippen molar-refractivity contribution in [2.24, 2.45) is 11.8 Å². The number of hydrogen-bond donors (Lipinski definition) is 3. The minimum atomic E-state index is -4.96. The number of carbonyl (C=O) groups is 4. The van der Waals surface area contributed by atoms with Gasteiger partial charge in [0.2, 0.25) is 0 Å². The Morgan fingerprint density at radius 2 is 0.451 bits per heavy atom. The first-order valence-electron chi connectivity index (χ1n) is 43.0. The van der Waals surface area contributed by atoms with Crippen LogP contribution in [0, 0.1) is 11.8 Å². The summed E-state index contributed by atoms with van der Waals surface area (Å²) in [6.07, 6.45) is 65.2. The Morgan fingerprint density at radius 3 is 0.667 bits per heavy atom. The van der Waals surface area contributed by atoms with Gasteiger partial charge in [0, 0.05) is 25.7 Å². The molecule has 0 aromatic carbocycles. The summed E-state index contributed by atoms with van der Waals surface area (Å²) in [5.41, 5.74) is 0. The molecule has 0 heterocycles. The fourth-order valence-electron chi connectivity index (χ4n) is 12.9. The second kappa shape index (κ2) is 74.5. The molecule has 606 valence electrons. The Bertz CT molecular complexity index is 1960. The van der Waals surface area contributed by atoms with E-state index < -0.39 is 97.5 Å². The van der Waals surface area contributed by atoms with Gasteiger partial charge in [-0.2, -0.15) is 0 Å². The fourth-order valence-corrected chi connectivity index (χ4v) is 14.5. The smallest absolute Gasteiger partial charge is 0.462 e. The Labute approximate surface area is 626 Å². The van der Waals surface area contributed by atoms with E-state index in [9.17, 15) is 43.2 Å². The summed E-state index contributed by atoms with van der Waals surface area (Å²) in [6, 6.07) is 0. The second-order valence-corrected chi connectivity index (χ2v) is 33.7. The highest BCUT2D eigenvalue weighted by Crippen LogP contribution is 2.45. The highest BCUT2D eigenvalue weighted by Gasteiger charge is 2.30. The summed E-state index contributed by atoms with van der Waals surface area (Å²) in [4.78, 5) is 73.1. The standard InChI is InChI=1S/C83H162O17P2/c1-7-9-11-13-15-17-18-19-20-21-22-23-26-32-37-43-49-55-61-67-82(87)100-79(72-94-81(86)66-60-54-48-42-36-31-27-24-25-29-34-40-45-51-57-63-75(3)4)74-98-102(91,92)96-70-77(84)69-95-101(89,90)97-73-78(71-93-80(85)65-59-53-47-39-16-14-12-10-8-2)99-83(88)68-62-56-50-44-38-33-28-30-35-41-46-52-58-64-76(5)6/h75-79,84H,7-74H2,1-6H3,(H,89,90)(H,91,92)/t77-,78+,79+/m0/s1. The van der Waals surface area contributed by atoms with Gasteiger partial charge in [0.05, 0.1) is 26.4 Å². The molecule has 0 amide bonds. The number of carbonyl (C=O) groups excluding carboxylic acids is 4. The van der Waals surface area contributed by atoms with Crippen LogP contribution >= 0.6 is 15.6 Å². The molecule has 0 aromatic heterocycles. The van der Waals surface area contributed by atoms with E-state index in [2.05, 4.69) is 41.5 Å². The first-order chi connectivity index (χ1) is 49.4. The molecule has 0 spiro atoms. The van der Waals surface area contributed by atoms with Gasteiger partial charge in [-0.3, -0.25) is 37.3 Å². The van der Waals surface area contributed by atoms with Gasteiger partial charge in [0.25, 0.3) is 0 Å². The Kier molecular flexibility index (Phi) is 73.1. The SMILES string of the molecule is CCCCCCCCCCCCCCCCCCCCCC(=O)O[C@H](COC(=O)CCCCCCCCCCCCCCCCCC(C)C)COP(=O)(O)OC[C@@H](O)COP(=O)(O)OC[C@@H](COC(=O)CCCCCCCCCCC)OC(=O)CCCCCCCCCCCCCCCC(C)C. The van der Waals surface area contributed by atoms with Gasteiger partial charge in [-0.05, 0) is 37.5 Å². The van der Waals surface area contributed by atoms with Crippen LogP contribution in [-0.4, -0.2) is 96.7 Å². The number of rotatable bonds is 82. The van der Waals surface area contributed by atoms with Crippen molar-refractivity contribution in [1.29, 1.82) is 0 Å². The van der Waals surface area contributed by atoms with Crippen LogP contribution in [0.4, 0.5) is 0 Å². The van der Waals surface area contributed by atoms with Crippen LogP contribution in [0.25, 0.3) is 0 Å². The average Bonchev–Trinajstić information content (AvgIpc) is 0.935. The van der Waals surface area contributed by atoms with Gasteiger partial charge < -0.3 is 33.8 Å². The molecule has 0 saturated carbocycles. The van der Waals surface area contributed by atoms with E-state index in [4.69, 9.17) is 37.0 Å². The molecule has 0 radical (unpaired) electrons. The van der Waals surface area contributed by atoms with Crippen LogP contribution in [0.15, 0.2) is 0 Å². The number of aliphatic hydroxyl groups is 1. The molecule has 0 rings (SSSR count). The minimum Gasteiger partial charge on any atom is -0.462 e. The highest BCUT2D eigenvalue weighted by atomic mass is 31.2. The van der Waals surface area contributed by atoms with Gasteiger partial charge in [-0.1, -0.05) is 388 Å². The maximum atomic E-state index is 13.1. The lowest BCUT2D eigenvalue weighted by molar-refractivity contribution is -0.161. The molecule has 5 atom stereocenters. The number of esters is 4. The van der Waals surface area contributed by atoms with Crippen LogP contribution in [-0.2, 0) is 65.4 Å². The predicted molar refractivity (Wildman–Crippen MR) is 418 cm³/mol. The summed E-state index contributed by atoms with van der Waals surface area (Å²) in [7, 11) is -9.92. The predicted octanol–water partition coefficient (Wildman–Crippen LogP) is 25.1. The van der Waals surface area contributed by atoms with E-state index in [1.54, 1.807) is 0 Å². The van der Waals surface area contributed by atoms with Crippen molar-refractivity contribution in [1.82, 2.24) is 0 Å². The molecule has 0 aliphatic carbocycles. The quantitative estimate of drug-likeness (QED) is 0.0222. The molecule has 0 aliphatic rings. The zero-order chi connectivity index (χ0) is 74.9. The normalized spacial score (nSPS) is 13.9. The zero-order valence-corrected chi connectivity index (χ0v) is 68.7. The number of phosphoric acid groups is 2. The monoisotopic (exact) mass is 1490 g/mol. The van der Waals surface area contributed by atoms with Crippen LogP contribution in [0.3, 0.4) is 0 Å². The van der Waals surface area contributed by atoms with E-state index in [1.807, 2.05) is 0 Å². The lowest BCUT2D eigenvalue weighted by Crippen LogP contribution is -2.30. The van der Waals surface area contributed by atoms with Crippen LogP contribution < -0.4 is 0 Å². The Hall–Kier alpha value is -1.94. The molecule has 0 saturated heterocycles. The van der Waals surface area contributed by atoms with Crippen molar-refractivity contribution in [2.45, 2.75) is 458 Å². The lowest BCUT2D eigenvalue weighted by Gasteiger charge is -2.21. The van der Waals surface area contributed by atoms with E-state index >= 15 is 0 Å². The summed E-state index contributed by atoms with van der Waals surface area (Å²) < 4.78 is 68.8. The van der Waals surface area contributed by atoms with Crippen molar-refractivity contribution < 1.29 is 80.2 Å². The summed E-state index contributed by atoms with van der Waals surface area (Å²) in [6.45, 7) is 9.68. The van der Waals surface area contributed by atoms with Crippen LogP contribution in [0.1, 0.15) is 440 Å². The van der Waals surface area contributed by atoms with Gasteiger partial charge >= 0.3 is 39.5 Å². The Balaban J connectivity index is 5.22. The first-order valence-corrected chi connectivity index (χ1v) is 46.0. The Morgan fingerprint density at radius 1 is 0.265 bits per heavy atom. The van der Waals surface area contributed by atoms with E-state index in [1.165, 1.54) is 257 Å². The number of ether oxygens (including phenoxy) is 4. The molecule has 19 heteroatoms. The molecule has 0 fully saturated rings. The van der Waals surface area contributed by atoms with E-state index in [0.717, 1.165) is 102 Å².